The fourth-order valence-electron chi connectivity index (χ4n) is 1.86. The van der Waals surface area contributed by atoms with Gasteiger partial charge in [-0.3, -0.25) is 4.79 Å². The molecule has 3 N–H and O–H groups in total. The van der Waals surface area contributed by atoms with Crippen molar-refractivity contribution in [2.45, 2.75) is 24.9 Å². The number of nitrogens with one attached hydrogen (secondary N) is 3. The predicted molar refractivity (Wildman–Crippen MR) is 63.8 cm³/mol. The molecule has 2 fully saturated rings. The van der Waals surface area contributed by atoms with Crippen molar-refractivity contribution in [2.75, 3.05) is 25.0 Å². The zero-order valence-electron chi connectivity index (χ0n) is 9.65. The number of hydrogen-bond donors (Lipinski definition) is 3. The lowest BCUT2D eigenvalue weighted by Gasteiger charge is -2.28. The van der Waals surface area contributed by atoms with Crippen LogP contribution in [0.5, 0.6) is 0 Å². The smallest absolute Gasteiger partial charge is 0.239 e. The van der Waals surface area contributed by atoms with Crippen molar-refractivity contribution >= 4 is 11.7 Å². The molecule has 3 rings (SSSR count). The van der Waals surface area contributed by atoms with Crippen LogP contribution in [-0.4, -0.2) is 41.4 Å². The average Bonchev–Trinajstić information content (AvgIpc) is 2.97. The number of hydrogen-bond acceptors (Lipinski definition) is 4. The van der Waals surface area contributed by atoms with Gasteiger partial charge in [0, 0.05) is 25.2 Å². The van der Waals surface area contributed by atoms with Gasteiger partial charge in [0.15, 0.2) is 0 Å². The second kappa shape index (κ2) is 4.46. The molecule has 0 aromatic carbocycles. The molecule has 2 aliphatic rings. The first-order valence-electron chi connectivity index (χ1n) is 6.10. The van der Waals surface area contributed by atoms with Crippen molar-refractivity contribution < 1.29 is 4.79 Å². The van der Waals surface area contributed by atoms with Gasteiger partial charge in [0.2, 0.25) is 5.91 Å². The number of aromatic nitrogens is 2. The number of carbonyl (C=O) groups is 1. The van der Waals surface area contributed by atoms with Crippen LogP contribution >= 0.6 is 0 Å². The topological polar surface area (TPSA) is 71.0 Å². The van der Waals surface area contributed by atoms with Crippen LogP contribution in [0.1, 0.15) is 18.9 Å². The number of anilines is 1. The van der Waals surface area contributed by atoms with E-state index in [-0.39, 0.29) is 5.91 Å². The molecule has 0 atom stereocenters. The molecular weight excluding hydrogens is 218 g/mol. The highest BCUT2D eigenvalue weighted by Crippen LogP contribution is 2.19. The summed E-state index contributed by atoms with van der Waals surface area (Å²) in [5.41, 5.74) is 0. The van der Waals surface area contributed by atoms with Crippen molar-refractivity contribution in [3.63, 3.8) is 0 Å². The van der Waals surface area contributed by atoms with E-state index in [9.17, 15) is 4.79 Å². The van der Waals surface area contributed by atoms with E-state index in [1.54, 1.807) is 6.20 Å². The van der Waals surface area contributed by atoms with Crippen molar-refractivity contribution in [1.82, 2.24) is 20.4 Å². The molecule has 1 saturated carbocycles. The highest BCUT2D eigenvalue weighted by atomic mass is 16.2. The summed E-state index contributed by atoms with van der Waals surface area (Å²) in [6.07, 6.45) is 4.11. The van der Waals surface area contributed by atoms with E-state index in [1.807, 2.05) is 10.7 Å². The highest BCUT2D eigenvalue weighted by Gasteiger charge is 2.23. The summed E-state index contributed by atoms with van der Waals surface area (Å²) in [5.74, 6) is 0.796. The first kappa shape index (κ1) is 10.7. The van der Waals surface area contributed by atoms with E-state index in [2.05, 4.69) is 21.0 Å². The third kappa shape index (κ3) is 2.48. The minimum Gasteiger partial charge on any atom is -0.312 e. The Morgan fingerprint density at radius 1 is 1.53 bits per heavy atom. The number of carbonyl (C=O) groups excluding carboxylic acids is 1. The van der Waals surface area contributed by atoms with E-state index < -0.39 is 0 Å². The SMILES string of the molecule is O=C(CNC1CC1)Nc1ccnn1C1CNC1. The molecule has 6 nitrogen and oxygen atoms in total. The maximum Gasteiger partial charge on any atom is 0.239 e. The molecule has 0 radical (unpaired) electrons. The summed E-state index contributed by atoms with van der Waals surface area (Å²) in [6, 6.07) is 2.77. The monoisotopic (exact) mass is 235 g/mol. The molecule has 1 aromatic heterocycles. The van der Waals surface area contributed by atoms with Crippen LogP contribution in [-0.2, 0) is 4.79 Å². The zero-order chi connectivity index (χ0) is 11.7. The van der Waals surface area contributed by atoms with Gasteiger partial charge < -0.3 is 16.0 Å². The molecule has 0 spiro atoms. The molecule has 6 heteroatoms. The largest absolute Gasteiger partial charge is 0.312 e. The van der Waals surface area contributed by atoms with Gasteiger partial charge >= 0.3 is 0 Å². The van der Waals surface area contributed by atoms with Crippen molar-refractivity contribution in [1.29, 1.82) is 0 Å². The van der Waals surface area contributed by atoms with E-state index >= 15 is 0 Å². The van der Waals surface area contributed by atoms with Crippen LogP contribution in [0.15, 0.2) is 12.3 Å². The second-order valence-electron chi connectivity index (χ2n) is 4.68. The molecular formula is C11H17N5O. The van der Waals surface area contributed by atoms with Crippen LogP contribution in [0, 0.1) is 0 Å². The molecule has 1 aromatic rings. The zero-order valence-corrected chi connectivity index (χ0v) is 9.65. The summed E-state index contributed by atoms with van der Waals surface area (Å²) >= 11 is 0. The molecule has 92 valence electrons. The van der Waals surface area contributed by atoms with Crippen LogP contribution < -0.4 is 16.0 Å². The van der Waals surface area contributed by atoms with Gasteiger partial charge in [-0.2, -0.15) is 5.10 Å². The van der Waals surface area contributed by atoms with Crippen molar-refractivity contribution in [2.24, 2.45) is 0 Å². The van der Waals surface area contributed by atoms with Gasteiger partial charge in [-0.05, 0) is 12.8 Å². The Labute approximate surface area is 99.8 Å². The molecule has 17 heavy (non-hydrogen) atoms. The average molecular weight is 235 g/mol. The standard InChI is InChI=1S/C11H17N5O/c17-11(7-13-8-1-2-8)15-10-3-4-14-16(10)9-5-12-6-9/h3-4,8-9,12-13H,1-2,5-7H2,(H,15,17). The lowest BCUT2D eigenvalue weighted by atomic mass is 10.2. The van der Waals surface area contributed by atoms with E-state index in [0.29, 0.717) is 18.6 Å². The Hall–Kier alpha value is -1.40. The summed E-state index contributed by atoms with van der Waals surface area (Å²) < 4.78 is 1.88. The molecule has 2 heterocycles. The van der Waals surface area contributed by atoms with Crippen LogP contribution in [0.25, 0.3) is 0 Å². The lowest BCUT2D eigenvalue weighted by molar-refractivity contribution is -0.115. The predicted octanol–water partition coefficient (Wildman–Crippen LogP) is -0.282. The molecule has 1 aliphatic heterocycles. The van der Waals surface area contributed by atoms with E-state index in [0.717, 1.165) is 18.9 Å². The Morgan fingerprint density at radius 3 is 3.00 bits per heavy atom. The van der Waals surface area contributed by atoms with Crippen LogP contribution in [0.2, 0.25) is 0 Å². The van der Waals surface area contributed by atoms with Gasteiger partial charge in [0.05, 0.1) is 18.8 Å². The van der Waals surface area contributed by atoms with Gasteiger partial charge in [0.1, 0.15) is 5.82 Å². The first-order valence-corrected chi connectivity index (χ1v) is 6.10. The summed E-state index contributed by atoms with van der Waals surface area (Å²) in [5, 5.41) is 13.5. The molecule has 1 aliphatic carbocycles. The quantitative estimate of drug-likeness (QED) is 0.656. The summed E-state index contributed by atoms with van der Waals surface area (Å²) in [7, 11) is 0. The van der Waals surface area contributed by atoms with Crippen molar-refractivity contribution in [3.8, 4) is 0 Å². The number of nitrogens with zero attached hydrogens (tertiary/aromatic N) is 2. The minimum atomic E-state index is 0.00549. The lowest BCUT2D eigenvalue weighted by Crippen LogP contribution is -2.44. The maximum atomic E-state index is 11.7. The van der Waals surface area contributed by atoms with Gasteiger partial charge in [-0.15, -0.1) is 0 Å². The normalized spacial score (nSPS) is 20.0. The molecule has 1 amide bonds. The van der Waals surface area contributed by atoms with Crippen molar-refractivity contribution in [3.05, 3.63) is 12.3 Å². The van der Waals surface area contributed by atoms with Crippen LogP contribution in [0.4, 0.5) is 5.82 Å². The summed E-state index contributed by atoms with van der Waals surface area (Å²) in [6.45, 7) is 2.23. The van der Waals surface area contributed by atoms with Gasteiger partial charge in [0.25, 0.3) is 0 Å². The van der Waals surface area contributed by atoms with Gasteiger partial charge in [-0.1, -0.05) is 0 Å². The fourth-order valence-corrected chi connectivity index (χ4v) is 1.86. The maximum absolute atomic E-state index is 11.7. The minimum absolute atomic E-state index is 0.00549. The highest BCUT2D eigenvalue weighted by molar-refractivity contribution is 5.91. The fraction of sp³-hybridized carbons (Fsp3) is 0.636. The Bertz CT molecular complexity index is 408. The third-order valence-corrected chi connectivity index (χ3v) is 3.17. The second-order valence-corrected chi connectivity index (χ2v) is 4.68. The van der Waals surface area contributed by atoms with Gasteiger partial charge in [-0.25, -0.2) is 4.68 Å². The van der Waals surface area contributed by atoms with E-state index in [4.69, 9.17) is 0 Å². The van der Waals surface area contributed by atoms with Crippen LogP contribution in [0.3, 0.4) is 0 Å². The van der Waals surface area contributed by atoms with E-state index in [1.165, 1.54) is 12.8 Å². The molecule has 0 unspecified atom stereocenters. The Balaban J connectivity index is 1.55. The molecule has 1 saturated heterocycles. The first-order chi connectivity index (χ1) is 8.33. The molecule has 0 bridgehead atoms. The third-order valence-electron chi connectivity index (χ3n) is 3.17. The summed E-state index contributed by atoms with van der Waals surface area (Å²) in [4.78, 5) is 11.7. The Kier molecular flexibility index (Phi) is 2.82. The number of amides is 1. The number of rotatable bonds is 5. The Morgan fingerprint density at radius 2 is 2.35 bits per heavy atom.